The molecule has 0 radical (unpaired) electrons. The molecule has 6 rings (SSSR count). The molecule has 2 heteroatoms. The van der Waals surface area contributed by atoms with Crippen LogP contribution in [0.25, 0.3) is 10.8 Å². The van der Waals surface area contributed by atoms with Crippen LogP contribution >= 0.6 is 0 Å². The van der Waals surface area contributed by atoms with Gasteiger partial charge in [0.1, 0.15) is 5.75 Å². The van der Waals surface area contributed by atoms with Crippen LogP contribution < -0.4 is 10.1 Å². The second-order valence-corrected chi connectivity index (χ2v) is 8.92. The molecule has 0 saturated carbocycles. The average Bonchev–Trinajstić information content (AvgIpc) is 3.34. The van der Waals surface area contributed by atoms with Crippen molar-refractivity contribution in [1.29, 1.82) is 0 Å². The minimum absolute atomic E-state index is 0.317. The van der Waals surface area contributed by atoms with Crippen molar-refractivity contribution in [1.82, 2.24) is 0 Å². The van der Waals surface area contributed by atoms with E-state index in [1.54, 1.807) is 0 Å². The molecule has 4 aromatic carbocycles. The van der Waals surface area contributed by atoms with Gasteiger partial charge in [-0.3, -0.25) is 0 Å². The minimum Gasteiger partial charge on any atom is -0.493 e. The van der Waals surface area contributed by atoms with E-state index < -0.39 is 0 Å². The van der Waals surface area contributed by atoms with Crippen molar-refractivity contribution in [3.8, 4) is 5.75 Å². The molecular formula is C30H27NO. The molecule has 2 nitrogen and oxygen atoms in total. The lowest BCUT2D eigenvalue weighted by molar-refractivity contribution is 0.320. The Balaban J connectivity index is 1.25. The molecule has 3 atom stereocenters. The third kappa shape index (κ3) is 3.56. The van der Waals surface area contributed by atoms with Gasteiger partial charge < -0.3 is 10.1 Å². The van der Waals surface area contributed by atoms with E-state index in [1.165, 1.54) is 33.2 Å². The second kappa shape index (κ2) is 8.20. The molecule has 0 aromatic heterocycles. The van der Waals surface area contributed by atoms with Gasteiger partial charge in [-0.05, 0) is 64.1 Å². The molecule has 1 N–H and O–H groups in total. The maximum atomic E-state index is 6.13. The molecule has 0 spiro atoms. The number of benzene rings is 4. The van der Waals surface area contributed by atoms with Gasteiger partial charge in [-0.15, -0.1) is 0 Å². The lowest BCUT2D eigenvalue weighted by Crippen LogP contribution is -2.29. The zero-order valence-corrected chi connectivity index (χ0v) is 18.1. The summed E-state index contributed by atoms with van der Waals surface area (Å²) in [7, 11) is 0. The quantitative estimate of drug-likeness (QED) is 0.344. The summed E-state index contributed by atoms with van der Waals surface area (Å²) in [6, 6.07) is 32.9. The average molecular weight is 418 g/mol. The first-order valence-corrected chi connectivity index (χ1v) is 11.6. The van der Waals surface area contributed by atoms with Crippen LogP contribution in [0.2, 0.25) is 0 Å². The van der Waals surface area contributed by atoms with E-state index in [1.807, 2.05) is 0 Å². The van der Waals surface area contributed by atoms with Gasteiger partial charge in [0.15, 0.2) is 0 Å². The van der Waals surface area contributed by atoms with Crippen LogP contribution in [0, 0.1) is 5.92 Å². The van der Waals surface area contributed by atoms with E-state index in [2.05, 4.69) is 108 Å². The highest BCUT2D eigenvalue weighted by Crippen LogP contribution is 2.50. The van der Waals surface area contributed by atoms with Crippen molar-refractivity contribution in [2.45, 2.75) is 24.8 Å². The van der Waals surface area contributed by atoms with E-state index in [-0.39, 0.29) is 0 Å². The van der Waals surface area contributed by atoms with Crippen LogP contribution in [0.15, 0.2) is 103 Å². The minimum atomic E-state index is 0.317. The predicted molar refractivity (Wildman–Crippen MR) is 132 cm³/mol. The molecule has 2 aliphatic rings. The molecule has 32 heavy (non-hydrogen) atoms. The van der Waals surface area contributed by atoms with Gasteiger partial charge in [-0.2, -0.15) is 0 Å². The zero-order valence-electron chi connectivity index (χ0n) is 18.1. The molecule has 0 saturated heterocycles. The maximum Gasteiger partial charge on any atom is 0.119 e. The Morgan fingerprint density at radius 1 is 0.812 bits per heavy atom. The largest absolute Gasteiger partial charge is 0.493 e. The van der Waals surface area contributed by atoms with E-state index in [9.17, 15) is 0 Å². The first kappa shape index (κ1) is 19.2. The molecule has 1 heterocycles. The SMILES string of the molecule is C1=CC2c3cc(OCCc4ccccc4)ccc3NC(c3ccc4ccccc4c3)C2C1. The van der Waals surface area contributed by atoms with Crippen LogP contribution in [0.1, 0.15) is 35.1 Å². The third-order valence-electron chi connectivity index (χ3n) is 6.97. The standard InChI is InChI=1S/C30H27NO/c1-2-7-21(8-3-1)17-18-32-25-15-16-29-28(20-25)26-11-6-12-27(26)30(31-29)24-14-13-22-9-4-5-10-23(22)19-24/h1-11,13-16,19-20,26-27,30-31H,12,17-18H2. The monoisotopic (exact) mass is 417 g/mol. The van der Waals surface area contributed by atoms with Crippen LogP contribution in [-0.4, -0.2) is 6.61 Å². The summed E-state index contributed by atoms with van der Waals surface area (Å²) in [4.78, 5) is 0. The Kier molecular flexibility index (Phi) is 4.92. The van der Waals surface area contributed by atoms with Gasteiger partial charge in [0.25, 0.3) is 0 Å². The molecular weight excluding hydrogens is 390 g/mol. The van der Waals surface area contributed by atoms with Crippen LogP contribution in [0.4, 0.5) is 5.69 Å². The number of anilines is 1. The van der Waals surface area contributed by atoms with Crippen molar-refractivity contribution >= 4 is 16.5 Å². The Labute approximate surface area is 189 Å². The molecule has 4 aromatic rings. The third-order valence-corrected chi connectivity index (χ3v) is 6.97. The number of hydrogen-bond acceptors (Lipinski definition) is 2. The summed E-state index contributed by atoms with van der Waals surface area (Å²) >= 11 is 0. The van der Waals surface area contributed by atoms with Crippen molar-refractivity contribution < 1.29 is 4.74 Å². The number of allylic oxidation sites excluding steroid dienone is 2. The first-order chi connectivity index (χ1) is 15.8. The smallest absolute Gasteiger partial charge is 0.119 e. The van der Waals surface area contributed by atoms with E-state index >= 15 is 0 Å². The summed E-state index contributed by atoms with van der Waals surface area (Å²) in [5.41, 5.74) is 5.27. The summed E-state index contributed by atoms with van der Waals surface area (Å²) in [5, 5.41) is 6.47. The molecule has 0 bridgehead atoms. The van der Waals surface area contributed by atoms with Gasteiger partial charge in [0.2, 0.25) is 0 Å². The Bertz CT molecular complexity index is 1280. The van der Waals surface area contributed by atoms with E-state index in [0.717, 1.165) is 18.6 Å². The Morgan fingerprint density at radius 3 is 2.56 bits per heavy atom. The van der Waals surface area contributed by atoms with Gasteiger partial charge in [0.05, 0.1) is 12.6 Å². The Morgan fingerprint density at radius 2 is 1.66 bits per heavy atom. The summed E-state index contributed by atoms with van der Waals surface area (Å²) in [6.45, 7) is 0.694. The van der Waals surface area contributed by atoms with Gasteiger partial charge in [0, 0.05) is 18.0 Å². The number of ether oxygens (including phenoxy) is 1. The highest BCUT2D eigenvalue weighted by Gasteiger charge is 2.38. The summed E-state index contributed by atoms with van der Waals surface area (Å²) < 4.78 is 6.13. The number of hydrogen-bond donors (Lipinski definition) is 1. The molecule has 0 amide bonds. The fourth-order valence-corrected chi connectivity index (χ4v) is 5.32. The molecule has 1 aliphatic heterocycles. The molecule has 1 aliphatic carbocycles. The van der Waals surface area contributed by atoms with Gasteiger partial charge >= 0.3 is 0 Å². The summed E-state index contributed by atoms with van der Waals surface area (Å²) in [5.74, 6) is 1.92. The van der Waals surface area contributed by atoms with Crippen LogP contribution in [-0.2, 0) is 6.42 Å². The number of rotatable bonds is 5. The molecule has 0 fully saturated rings. The van der Waals surface area contributed by atoms with Crippen molar-refractivity contribution in [2.24, 2.45) is 5.92 Å². The summed E-state index contributed by atoms with van der Waals surface area (Å²) in [6.07, 6.45) is 6.77. The van der Waals surface area contributed by atoms with Crippen molar-refractivity contribution in [3.63, 3.8) is 0 Å². The normalized spacial score (nSPS) is 21.1. The fraction of sp³-hybridized carbons (Fsp3) is 0.200. The van der Waals surface area contributed by atoms with Crippen molar-refractivity contribution in [2.75, 3.05) is 11.9 Å². The zero-order chi connectivity index (χ0) is 21.3. The predicted octanol–water partition coefficient (Wildman–Crippen LogP) is 7.29. The van der Waals surface area contributed by atoms with Crippen LogP contribution in [0.5, 0.6) is 5.75 Å². The van der Waals surface area contributed by atoms with Gasteiger partial charge in [-0.25, -0.2) is 0 Å². The molecule has 3 unspecified atom stereocenters. The van der Waals surface area contributed by atoms with E-state index in [0.29, 0.717) is 24.5 Å². The Hall–Kier alpha value is -3.52. The lowest BCUT2D eigenvalue weighted by atomic mass is 9.77. The second-order valence-electron chi connectivity index (χ2n) is 8.92. The van der Waals surface area contributed by atoms with Crippen molar-refractivity contribution in [3.05, 3.63) is 120 Å². The van der Waals surface area contributed by atoms with Gasteiger partial charge in [-0.1, -0.05) is 78.9 Å². The maximum absolute atomic E-state index is 6.13. The first-order valence-electron chi connectivity index (χ1n) is 11.6. The van der Waals surface area contributed by atoms with Crippen LogP contribution in [0.3, 0.4) is 0 Å². The lowest BCUT2D eigenvalue weighted by Gasteiger charge is -2.37. The molecule has 158 valence electrons. The van der Waals surface area contributed by atoms with E-state index in [4.69, 9.17) is 4.74 Å². The topological polar surface area (TPSA) is 21.3 Å². The fourth-order valence-electron chi connectivity index (χ4n) is 5.32. The highest BCUT2D eigenvalue weighted by molar-refractivity contribution is 5.83. The highest BCUT2D eigenvalue weighted by atomic mass is 16.5. The number of nitrogens with one attached hydrogen (secondary N) is 1. The number of fused-ring (bicyclic) bond motifs is 4.